The first-order valence-electron chi connectivity index (χ1n) is 15.6. The summed E-state index contributed by atoms with van der Waals surface area (Å²) >= 11 is 0. The van der Waals surface area contributed by atoms with Crippen molar-refractivity contribution in [2.24, 2.45) is 0 Å². The number of aliphatic hydroxyl groups excluding tert-OH is 1. The third-order valence-electron chi connectivity index (χ3n) is 10.0. The molecule has 5 heterocycles. The number of anilines is 1. The van der Waals surface area contributed by atoms with Gasteiger partial charge in [-0.1, -0.05) is 12.0 Å². The third kappa shape index (κ3) is 4.72. The number of rotatable bonds is 7. The SMILES string of the molecule is C#Cc1c(F)ccc2cc(OC=O)cc(-c3nc4c5c(nc(OC[C@@]67CCCN6C[C@H](F)C7)nc5c3F)N([C@H]3CC[C@@H]3O)CCO4)c12. The smallest absolute Gasteiger partial charge is 0.319 e. The summed E-state index contributed by atoms with van der Waals surface area (Å²) in [5, 5.41) is 11.4. The number of hydrogen-bond donors (Lipinski definition) is 1. The number of ether oxygens (including phenoxy) is 3. The van der Waals surface area contributed by atoms with Gasteiger partial charge in [0, 0.05) is 23.9 Å². The zero-order valence-corrected chi connectivity index (χ0v) is 25.2. The van der Waals surface area contributed by atoms with Crippen LogP contribution in [0.2, 0.25) is 0 Å². The molecule has 1 aliphatic carbocycles. The molecule has 0 radical (unpaired) electrons. The zero-order valence-electron chi connectivity index (χ0n) is 25.2. The fourth-order valence-corrected chi connectivity index (χ4v) is 7.67. The molecule has 3 fully saturated rings. The highest BCUT2D eigenvalue weighted by atomic mass is 19.1. The molecule has 2 saturated heterocycles. The maximum Gasteiger partial charge on any atom is 0.319 e. The molecule has 0 bridgehead atoms. The normalized spacial score (nSPS) is 25.2. The van der Waals surface area contributed by atoms with Gasteiger partial charge < -0.3 is 24.2 Å². The molecule has 47 heavy (non-hydrogen) atoms. The largest absolute Gasteiger partial charge is 0.475 e. The van der Waals surface area contributed by atoms with E-state index < -0.39 is 29.4 Å². The van der Waals surface area contributed by atoms with E-state index in [-0.39, 0.29) is 76.5 Å². The Hall–Kier alpha value is -4.67. The van der Waals surface area contributed by atoms with Crippen LogP contribution in [-0.4, -0.2) is 88.1 Å². The number of carbonyl (C=O) groups is 1. The second-order valence-electron chi connectivity index (χ2n) is 12.6. The van der Waals surface area contributed by atoms with Gasteiger partial charge in [0.2, 0.25) is 5.88 Å². The average molecular weight is 646 g/mol. The third-order valence-corrected chi connectivity index (χ3v) is 10.0. The molecule has 0 unspecified atom stereocenters. The number of alkyl halides is 1. The highest BCUT2D eigenvalue weighted by molar-refractivity contribution is 6.04. The van der Waals surface area contributed by atoms with Gasteiger partial charge in [-0.15, -0.1) is 6.42 Å². The van der Waals surface area contributed by atoms with Gasteiger partial charge in [0.25, 0.3) is 6.47 Å². The molecule has 10 nitrogen and oxygen atoms in total. The number of carbonyl (C=O) groups excluding carboxylic acids is 1. The molecule has 2 aromatic heterocycles. The first-order valence-corrected chi connectivity index (χ1v) is 15.6. The van der Waals surface area contributed by atoms with Gasteiger partial charge >= 0.3 is 6.01 Å². The van der Waals surface area contributed by atoms with E-state index in [2.05, 4.69) is 20.8 Å². The lowest BCUT2D eigenvalue weighted by atomic mass is 9.87. The first kappa shape index (κ1) is 29.7. The Kier molecular flexibility index (Phi) is 7.11. The molecule has 242 valence electrons. The van der Waals surface area contributed by atoms with Crippen LogP contribution in [0, 0.1) is 24.0 Å². The van der Waals surface area contributed by atoms with Gasteiger partial charge in [0.15, 0.2) is 5.82 Å². The van der Waals surface area contributed by atoms with E-state index in [1.807, 2.05) is 4.90 Å². The Morgan fingerprint density at radius 1 is 1.17 bits per heavy atom. The molecule has 4 aromatic rings. The Morgan fingerprint density at radius 3 is 2.81 bits per heavy atom. The van der Waals surface area contributed by atoms with Crippen LogP contribution in [0.1, 0.15) is 37.7 Å². The van der Waals surface area contributed by atoms with Crippen LogP contribution in [0.4, 0.5) is 19.0 Å². The Morgan fingerprint density at radius 2 is 2.04 bits per heavy atom. The number of aliphatic hydroxyl groups is 1. The second kappa shape index (κ2) is 11.2. The van der Waals surface area contributed by atoms with E-state index in [1.54, 1.807) is 0 Å². The van der Waals surface area contributed by atoms with E-state index >= 15 is 4.39 Å². The van der Waals surface area contributed by atoms with E-state index in [0.717, 1.165) is 19.4 Å². The number of pyridine rings is 1. The minimum absolute atomic E-state index is 0.0272. The number of halogens is 3. The molecular weight excluding hydrogens is 615 g/mol. The van der Waals surface area contributed by atoms with Gasteiger partial charge in [0.1, 0.15) is 53.4 Å². The minimum Gasteiger partial charge on any atom is -0.475 e. The minimum atomic E-state index is -0.964. The molecule has 2 aromatic carbocycles. The average Bonchev–Trinajstić information content (AvgIpc) is 3.52. The Bertz CT molecular complexity index is 1990. The van der Waals surface area contributed by atoms with Crippen molar-refractivity contribution in [1.29, 1.82) is 0 Å². The summed E-state index contributed by atoms with van der Waals surface area (Å²) in [4.78, 5) is 29.1. The van der Waals surface area contributed by atoms with Gasteiger partial charge in [-0.3, -0.25) is 9.69 Å². The number of hydrogen-bond acceptors (Lipinski definition) is 10. The molecular formula is C34H30F3N5O5. The predicted molar refractivity (Wildman–Crippen MR) is 165 cm³/mol. The molecule has 13 heteroatoms. The number of nitrogens with zero attached hydrogens (tertiary/aromatic N) is 5. The molecule has 1 saturated carbocycles. The fraction of sp³-hybridized carbons (Fsp3) is 0.412. The standard InChI is InChI=1S/C34H30F3N5O5/c1-2-21-23(36)5-4-18-12-20(47-17-43)13-22(26(18)21)29-28(37)30-27-31(42(24-6-7-25(24)44)10-11-45-32(27)38-29)40-33(39-30)46-16-34-8-3-9-41(34)15-19(35)14-34/h1,4-5,12-13,17,19,24-25,44H,3,6-11,14-16H2/t19-,24+,25+,34+/m1/s1. The van der Waals surface area contributed by atoms with E-state index in [4.69, 9.17) is 25.6 Å². The van der Waals surface area contributed by atoms with Crippen molar-refractivity contribution in [3.63, 3.8) is 0 Å². The number of aromatic nitrogens is 3. The lowest BCUT2D eigenvalue weighted by Crippen LogP contribution is -2.52. The van der Waals surface area contributed by atoms with E-state index in [1.165, 1.54) is 24.3 Å². The van der Waals surface area contributed by atoms with Gasteiger partial charge in [-0.25, -0.2) is 18.2 Å². The molecule has 1 N–H and O–H groups in total. The zero-order chi connectivity index (χ0) is 32.4. The van der Waals surface area contributed by atoms with E-state index in [0.29, 0.717) is 43.6 Å². The summed E-state index contributed by atoms with van der Waals surface area (Å²) < 4.78 is 63.9. The van der Waals surface area contributed by atoms with Crippen molar-refractivity contribution in [3.05, 3.63) is 41.5 Å². The first-order chi connectivity index (χ1) is 22.8. The fourth-order valence-electron chi connectivity index (χ4n) is 7.67. The van der Waals surface area contributed by atoms with Crippen molar-refractivity contribution < 1.29 is 37.3 Å². The van der Waals surface area contributed by atoms with Crippen LogP contribution >= 0.6 is 0 Å². The van der Waals surface area contributed by atoms with Gasteiger partial charge in [-0.2, -0.15) is 9.97 Å². The van der Waals surface area contributed by atoms with Crippen molar-refractivity contribution in [3.8, 4) is 41.2 Å². The summed E-state index contributed by atoms with van der Waals surface area (Å²) in [6.07, 6.45) is 7.44. The molecule has 0 spiro atoms. The number of terminal acetylenes is 1. The van der Waals surface area contributed by atoms with Crippen molar-refractivity contribution >= 4 is 34.0 Å². The summed E-state index contributed by atoms with van der Waals surface area (Å²) in [5.74, 6) is 1.15. The molecule has 8 rings (SSSR count). The molecule has 3 aliphatic heterocycles. The summed E-state index contributed by atoms with van der Waals surface area (Å²) in [6, 6.07) is 5.07. The lowest BCUT2D eigenvalue weighted by molar-refractivity contribution is -0.120. The van der Waals surface area contributed by atoms with E-state index in [9.17, 15) is 18.7 Å². The lowest BCUT2D eigenvalue weighted by Gasteiger charge is -2.41. The van der Waals surface area contributed by atoms with Crippen LogP contribution in [0.25, 0.3) is 32.9 Å². The van der Waals surface area contributed by atoms with Crippen LogP contribution < -0.4 is 19.1 Å². The topological polar surface area (TPSA) is 110 Å². The Labute approximate surface area is 267 Å². The summed E-state index contributed by atoms with van der Waals surface area (Å²) in [6.45, 7) is 1.91. The predicted octanol–water partition coefficient (Wildman–Crippen LogP) is 4.32. The van der Waals surface area contributed by atoms with Gasteiger partial charge in [-0.05, 0) is 55.8 Å². The van der Waals surface area contributed by atoms with Crippen LogP contribution in [0.3, 0.4) is 0 Å². The summed E-state index contributed by atoms with van der Waals surface area (Å²) in [7, 11) is 0. The van der Waals surface area contributed by atoms with Crippen molar-refractivity contribution in [1.82, 2.24) is 19.9 Å². The van der Waals surface area contributed by atoms with Crippen molar-refractivity contribution in [2.75, 3.05) is 37.7 Å². The monoisotopic (exact) mass is 645 g/mol. The maximum atomic E-state index is 17.0. The number of benzene rings is 2. The van der Waals surface area contributed by atoms with Crippen molar-refractivity contribution in [2.45, 2.75) is 56.0 Å². The van der Waals surface area contributed by atoms with Crippen LogP contribution in [0.5, 0.6) is 17.6 Å². The number of fused-ring (bicyclic) bond motifs is 2. The molecule has 4 atom stereocenters. The molecule has 4 aliphatic rings. The highest BCUT2D eigenvalue weighted by Gasteiger charge is 2.49. The Balaban J connectivity index is 1.34. The highest BCUT2D eigenvalue weighted by Crippen LogP contribution is 2.45. The maximum absolute atomic E-state index is 17.0. The quantitative estimate of drug-likeness (QED) is 0.231. The second-order valence-corrected chi connectivity index (χ2v) is 12.6. The van der Waals surface area contributed by atoms with Crippen LogP contribution in [-0.2, 0) is 4.79 Å². The van der Waals surface area contributed by atoms with Gasteiger partial charge in [0.05, 0.1) is 29.8 Å². The summed E-state index contributed by atoms with van der Waals surface area (Å²) in [5.41, 5.74) is -0.997. The van der Waals surface area contributed by atoms with Crippen LogP contribution in [0.15, 0.2) is 24.3 Å². The molecule has 0 amide bonds.